The minimum absolute atomic E-state index is 0.0212. The summed E-state index contributed by atoms with van der Waals surface area (Å²) < 4.78 is 5.49. The molecule has 1 aliphatic carbocycles. The molecule has 4 atom stereocenters. The van der Waals surface area contributed by atoms with Crippen LogP contribution >= 0.6 is 0 Å². The topological polar surface area (TPSA) is 69.9 Å². The van der Waals surface area contributed by atoms with Crippen molar-refractivity contribution in [2.75, 3.05) is 26.4 Å². The first-order valence-electron chi connectivity index (χ1n) is 4.96. The first-order valence-corrected chi connectivity index (χ1v) is 4.96. The number of aliphatic hydroxyl groups is 3. The Labute approximate surface area is 82.8 Å². The molecule has 0 bridgehead atoms. The van der Waals surface area contributed by atoms with Gasteiger partial charge in [0, 0.05) is 24.4 Å². The van der Waals surface area contributed by atoms with Crippen LogP contribution in [0.1, 0.15) is 0 Å². The lowest BCUT2D eigenvalue weighted by molar-refractivity contribution is 0.115. The Bertz CT molecular complexity index is 238. The maximum atomic E-state index is 9.24. The van der Waals surface area contributed by atoms with Crippen molar-refractivity contribution >= 4 is 0 Å². The Morgan fingerprint density at radius 2 is 2.07 bits per heavy atom. The van der Waals surface area contributed by atoms with Crippen LogP contribution in [0.25, 0.3) is 0 Å². The van der Waals surface area contributed by atoms with Crippen molar-refractivity contribution in [3.8, 4) is 0 Å². The van der Waals surface area contributed by atoms with Crippen molar-refractivity contribution in [1.82, 2.24) is 0 Å². The summed E-state index contributed by atoms with van der Waals surface area (Å²) in [5.74, 6) is 0.203. The van der Waals surface area contributed by atoms with Crippen LogP contribution in [0, 0.1) is 17.8 Å². The number of aliphatic hydroxyl groups excluding tert-OH is 3. The third-order valence-electron chi connectivity index (χ3n) is 3.36. The van der Waals surface area contributed by atoms with E-state index in [2.05, 4.69) is 0 Å². The summed E-state index contributed by atoms with van der Waals surface area (Å²) in [6, 6.07) is 0. The molecule has 4 nitrogen and oxygen atoms in total. The smallest absolute Gasteiger partial charge is 0.0798 e. The summed E-state index contributed by atoms with van der Waals surface area (Å²) in [4.78, 5) is 0. The fourth-order valence-electron chi connectivity index (χ4n) is 2.61. The highest BCUT2D eigenvalue weighted by molar-refractivity contribution is 5.22. The maximum Gasteiger partial charge on any atom is 0.0798 e. The van der Waals surface area contributed by atoms with E-state index < -0.39 is 0 Å². The summed E-state index contributed by atoms with van der Waals surface area (Å²) in [5, 5.41) is 27.5. The summed E-state index contributed by atoms with van der Waals surface area (Å²) in [6.45, 7) is 0.634. The van der Waals surface area contributed by atoms with Crippen LogP contribution in [-0.2, 0) is 4.74 Å². The highest BCUT2D eigenvalue weighted by Crippen LogP contribution is 2.42. The molecule has 0 aromatic carbocycles. The molecule has 0 spiro atoms. The number of hydrogen-bond acceptors (Lipinski definition) is 4. The van der Waals surface area contributed by atoms with Gasteiger partial charge in [0.1, 0.15) is 0 Å². The minimum Gasteiger partial charge on any atom is -0.396 e. The molecular formula is C10H16O4. The fraction of sp³-hybridized carbons (Fsp3) is 0.800. The Hall–Kier alpha value is -0.420. The van der Waals surface area contributed by atoms with Crippen LogP contribution < -0.4 is 0 Å². The van der Waals surface area contributed by atoms with E-state index in [4.69, 9.17) is 14.9 Å². The predicted octanol–water partition coefficient (Wildman–Crippen LogP) is -0.849. The molecule has 3 N–H and O–H groups in total. The minimum atomic E-state index is -0.0374. The van der Waals surface area contributed by atoms with E-state index in [1.807, 2.05) is 6.08 Å². The molecule has 2 aliphatic rings. The van der Waals surface area contributed by atoms with Crippen LogP contribution in [0.15, 0.2) is 11.6 Å². The third kappa shape index (κ3) is 1.39. The van der Waals surface area contributed by atoms with Crippen molar-refractivity contribution < 1.29 is 20.1 Å². The standard InChI is InChI=1S/C10H16O4/c11-2-6-1-9-10(8(6)4-13)7(3-12)5-14-9/h1,7-13H,2-5H2/t7-,8-,9+,10-/m1/s1. The van der Waals surface area contributed by atoms with Gasteiger partial charge >= 0.3 is 0 Å². The molecule has 14 heavy (non-hydrogen) atoms. The van der Waals surface area contributed by atoms with Crippen LogP contribution in [0.2, 0.25) is 0 Å². The molecule has 0 aromatic heterocycles. The Balaban J connectivity index is 2.16. The zero-order chi connectivity index (χ0) is 10.1. The summed E-state index contributed by atoms with van der Waals surface area (Å²) >= 11 is 0. The second kappa shape index (κ2) is 3.98. The third-order valence-corrected chi connectivity index (χ3v) is 3.36. The predicted molar refractivity (Wildman–Crippen MR) is 49.6 cm³/mol. The van der Waals surface area contributed by atoms with Crippen LogP contribution in [-0.4, -0.2) is 47.9 Å². The van der Waals surface area contributed by atoms with Crippen molar-refractivity contribution in [1.29, 1.82) is 0 Å². The average Bonchev–Trinajstić information content (AvgIpc) is 2.74. The normalized spacial score (nSPS) is 41.2. The number of fused-ring (bicyclic) bond motifs is 1. The quantitative estimate of drug-likeness (QED) is 0.519. The van der Waals surface area contributed by atoms with Crippen molar-refractivity contribution in [2.45, 2.75) is 6.10 Å². The lowest BCUT2D eigenvalue weighted by atomic mass is 9.83. The highest BCUT2D eigenvalue weighted by atomic mass is 16.5. The van der Waals surface area contributed by atoms with E-state index in [9.17, 15) is 5.11 Å². The van der Waals surface area contributed by atoms with Gasteiger partial charge in [-0.15, -0.1) is 0 Å². The monoisotopic (exact) mass is 200 g/mol. The van der Waals surface area contributed by atoms with Gasteiger partial charge in [-0.25, -0.2) is 0 Å². The molecule has 0 amide bonds. The van der Waals surface area contributed by atoms with E-state index in [0.717, 1.165) is 5.57 Å². The summed E-state index contributed by atoms with van der Waals surface area (Å²) in [6.07, 6.45) is 1.87. The Morgan fingerprint density at radius 3 is 2.64 bits per heavy atom. The van der Waals surface area contributed by atoms with Crippen molar-refractivity contribution in [3.63, 3.8) is 0 Å². The van der Waals surface area contributed by atoms with Gasteiger partial charge < -0.3 is 20.1 Å². The van der Waals surface area contributed by atoms with E-state index in [1.165, 1.54) is 0 Å². The van der Waals surface area contributed by atoms with Crippen LogP contribution in [0.5, 0.6) is 0 Å². The SMILES string of the molecule is OCC1=C[C@@H]2OC[C@@H](CO)[C@@H]2[C@@H]1CO. The van der Waals surface area contributed by atoms with Gasteiger partial charge in [0.25, 0.3) is 0 Å². The van der Waals surface area contributed by atoms with Gasteiger partial charge in [-0.05, 0) is 5.57 Å². The lowest BCUT2D eigenvalue weighted by Crippen LogP contribution is -2.28. The van der Waals surface area contributed by atoms with Gasteiger partial charge in [0.15, 0.2) is 0 Å². The Kier molecular flexibility index (Phi) is 2.88. The summed E-state index contributed by atoms with van der Waals surface area (Å²) in [7, 11) is 0. The van der Waals surface area contributed by atoms with Gasteiger partial charge in [-0.3, -0.25) is 0 Å². The molecule has 80 valence electrons. The van der Waals surface area contributed by atoms with Crippen LogP contribution in [0.3, 0.4) is 0 Å². The first-order chi connectivity index (χ1) is 6.81. The number of rotatable bonds is 3. The van der Waals surface area contributed by atoms with Gasteiger partial charge in [-0.1, -0.05) is 6.08 Å². The van der Waals surface area contributed by atoms with E-state index in [0.29, 0.717) is 6.61 Å². The molecule has 1 fully saturated rings. The molecule has 0 radical (unpaired) electrons. The fourth-order valence-corrected chi connectivity index (χ4v) is 2.61. The van der Waals surface area contributed by atoms with Crippen molar-refractivity contribution in [3.05, 3.63) is 11.6 Å². The van der Waals surface area contributed by atoms with Crippen LogP contribution in [0.4, 0.5) is 0 Å². The molecule has 4 heteroatoms. The molecule has 0 unspecified atom stereocenters. The highest BCUT2D eigenvalue weighted by Gasteiger charge is 2.45. The lowest BCUT2D eigenvalue weighted by Gasteiger charge is -2.22. The second-order valence-corrected chi connectivity index (χ2v) is 4.01. The van der Waals surface area contributed by atoms with Gasteiger partial charge in [-0.2, -0.15) is 0 Å². The van der Waals surface area contributed by atoms with Crippen molar-refractivity contribution in [2.24, 2.45) is 17.8 Å². The second-order valence-electron chi connectivity index (χ2n) is 4.01. The Morgan fingerprint density at radius 1 is 1.29 bits per heavy atom. The number of ether oxygens (including phenoxy) is 1. The van der Waals surface area contributed by atoms with E-state index in [1.54, 1.807) is 0 Å². The molecule has 0 saturated carbocycles. The molecular weight excluding hydrogens is 184 g/mol. The maximum absolute atomic E-state index is 9.24. The molecule has 2 rings (SSSR count). The molecule has 1 aliphatic heterocycles. The molecule has 0 aromatic rings. The van der Waals surface area contributed by atoms with E-state index >= 15 is 0 Å². The molecule has 1 heterocycles. The average molecular weight is 200 g/mol. The van der Waals surface area contributed by atoms with Gasteiger partial charge in [0.05, 0.1) is 25.9 Å². The zero-order valence-electron chi connectivity index (χ0n) is 7.97. The zero-order valence-corrected chi connectivity index (χ0v) is 7.97. The molecule has 1 saturated heterocycles. The van der Waals surface area contributed by atoms with Gasteiger partial charge in [0.2, 0.25) is 0 Å². The number of hydrogen-bond donors (Lipinski definition) is 3. The first kappa shape index (κ1) is 10.1. The largest absolute Gasteiger partial charge is 0.396 e. The summed E-state index contributed by atoms with van der Waals surface area (Å²) in [5.41, 5.74) is 0.848. The van der Waals surface area contributed by atoms with E-state index in [-0.39, 0.29) is 43.7 Å².